The molecule has 1 aliphatic heterocycles. The highest BCUT2D eigenvalue weighted by Gasteiger charge is 2.48. The summed E-state index contributed by atoms with van der Waals surface area (Å²) < 4.78 is 6.03. The molecule has 2 saturated carbocycles. The van der Waals surface area contributed by atoms with Gasteiger partial charge in [-0.2, -0.15) is 0 Å². The molecule has 0 N–H and O–H groups in total. The molecule has 2 aliphatic carbocycles. The van der Waals surface area contributed by atoms with Crippen molar-refractivity contribution in [1.29, 1.82) is 0 Å². The van der Waals surface area contributed by atoms with E-state index in [1.54, 1.807) is 0 Å². The Morgan fingerprint density at radius 1 is 1.03 bits per heavy atom. The highest BCUT2D eigenvalue weighted by atomic mass is 16.5. The van der Waals surface area contributed by atoms with E-state index in [0.29, 0.717) is 23.5 Å². The van der Waals surface area contributed by atoms with Gasteiger partial charge in [0.15, 0.2) is 0 Å². The van der Waals surface area contributed by atoms with Gasteiger partial charge in [0.05, 0.1) is 11.5 Å². The third-order valence-corrected chi connectivity index (χ3v) is 8.52. The second-order valence-corrected chi connectivity index (χ2v) is 11.1. The quantitative estimate of drug-likeness (QED) is 0.549. The number of hydrogen-bond donors (Lipinski definition) is 0. The number of nitrogens with zero attached hydrogens (tertiary/aromatic N) is 1. The van der Waals surface area contributed by atoms with Crippen LogP contribution in [0.25, 0.3) is 0 Å². The fourth-order valence-corrected chi connectivity index (χ4v) is 6.40. The van der Waals surface area contributed by atoms with Crippen LogP contribution in [-0.2, 0) is 14.9 Å². The van der Waals surface area contributed by atoms with Gasteiger partial charge in [-0.25, -0.2) is 0 Å². The zero-order chi connectivity index (χ0) is 21.5. The Labute approximate surface area is 183 Å². The van der Waals surface area contributed by atoms with Crippen molar-refractivity contribution in [2.24, 2.45) is 11.3 Å². The first-order chi connectivity index (χ1) is 14.3. The number of anilines is 1. The fourth-order valence-electron chi connectivity index (χ4n) is 6.40. The topological polar surface area (TPSA) is 29.5 Å². The number of hydrogen-bond acceptors (Lipinski definition) is 2. The molecule has 0 radical (unpaired) electrons. The lowest BCUT2D eigenvalue weighted by Crippen LogP contribution is -2.46. The molecule has 1 aromatic carbocycles. The molecular formula is C27H41NO2. The van der Waals surface area contributed by atoms with Crippen molar-refractivity contribution >= 4 is 11.6 Å². The molecule has 0 bridgehead atoms. The molecule has 1 aromatic rings. The van der Waals surface area contributed by atoms with Crippen molar-refractivity contribution in [2.75, 3.05) is 11.5 Å². The monoisotopic (exact) mass is 411 g/mol. The molecule has 1 amide bonds. The van der Waals surface area contributed by atoms with E-state index >= 15 is 0 Å². The number of carbonyl (C=O) groups excluding carboxylic acids is 1. The van der Waals surface area contributed by atoms with Gasteiger partial charge in [-0.05, 0) is 107 Å². The number of rotatable bonds is 5. The molecular weight excluding hydrogens is 370 g/mol. The van der Waals surface area contributed by atoms with Gasteiger partial charge in [0.2, 0.25) is 5.91 Å². The molecule has 0 saturated heterocycles. The van der Waals surface area contributed by atoms with Crippen LogP contribution < -0.4 is 4.90 Å². The second-order valence-electron chi connectivity index (χ2n) is 11.1. The van der Waals surface area contributed by atoms with Gasteiger partial charge in [-0.3, -0.25) is 4.79 Å². The van der Waals surface area contributed by atoms with Crippen molar-refractivity contribution in [2.45, 2.75) is 110 Å². The maximum absolute atomic E-state index is 13.4. The number of aryl methyl sites for hydroxylation is 1. The average molecular weight is 412 g/mol. The van der Waals surface area contributed by atoms with Gasteiger partial charge in [-0.1, -0.05) is 26.0 Å². The molecule has 4 rings (SSSR count). The number of ether oxygens (including phenoxy) is 1. The van der Waals surface area contributed by atoms with Crippen LogP contribution >= 0.6 is 0 Å². The normalized spacial score (nSPS) is 33.6. The summed E-state index contributed by atoms with van der Waals surface area (Å²) in [6, 6.07) is 6.92. The average Bonchev–Trinajstić information content (AvgIpc) is 2.93. The van der Waals surface area contributed by atoms with E-state index in [-0.39, 0.29) is 0 Å². The number of carbonyl (C=O) groups is 1. The minimum atomic E-state index is -0.400. The van der Waals surface area contributed by atoms with Crippen molar-refractivity contribution in [3.8, 4) is 0 Å². The van der Waals surface area contributed by atoms with Crippen LogP contribution in [0.2, 0.25) is 0 Å². The summed E-state index contributed by atoms with van der Waals surface area (Å²) in [6.07, 6.45) is 11.5. The molecule has 3 aliphatic rings. The minimum Gasteiger partial charge on any atom is -0.378 e. The van der Waals surface area contributed by atoms with E-state index < -0.39 is 5.41 Å². The smallest absolute Gasteiger partial charge is 0.237 e. The first-order valence-corrected chi connectivity index (χ1v) is 12.3. The van der Waals surface area contributed by atoms with Crippen molar-refractivity contribution < 1.29 is 9.53 Å². The first kappa shape index (κ1) is 21.9. The summed E-state index contributed by atoms with van der Waals surface area (Å²) in [5, 5.41) is 0. The molecule has 166 valence electrons. The third-order valence-electron chi connectivity index (χ3n) is 8.52. The van der Waals surface area contributed by atoms with E-state index in [9.17, 15) is 4.79 Å². The Bertz CT molecular complexity index is 767. The number of fused-ring (bicyclic) bond motifs is 1. The van der Waals surface area contributed by atoms with Gasteiger partial charge in [-0.15, -0.1) is 0 Å². The lowest BCUT2D eigenvalue weighted by molar-refractivity contribution is -0.122. The van der Waals surface area contributed by atoms with E-state index in [2.05, 4.69) is 57.7 Å². The number of amides is 1. The zero-order valence-electron chi connectivity index (χ0n) is 19.8. The maximum Gasteiger partial charge on any atom is 0.237 e. The third kappa shape index (κ3) is 3.83. The lowest BCUT2D eigenvalue weighted by Gasteiger charge is -2.47. The Morgan fingerprint density at radius 3 is 2.33 bits per heavy atom. The van der Waals surface area contributed by atoms with Crippen LogP contribution in [0.3, 0.4) is 0 Å². The predicted octanol–water partition coefficient (Wildman–Crippen LogP) is 6.55. The van der Waals surface area contributed by atoms with Gasteiger partial charge in [0, 0.05) is 18.3 Å². The Balaban J connectivity index is 1.41. The molecule has 0 unspecified atom stereocenters. The van der Waals surface area contributed by atoms with E-state index in [1.165, 1.54) is 55.3 Å². The van der Waals surface area contributed by atoms with Crippen molar-refractivity contribution in [3.05, 3.63) is 29.3 Å². The SMILES string of the molecule is CCCOC1CCC(C)(C2CCC(N3C(=O)C(C)(C)c4ccc(C)cc43)CC2)CC1. The first-order valence-electron chi connectivity index (χ1n) is 12.3. The Kier molecular flexibility index (Phi) is 6.05. The molecule has 2 fully saturated rings. The van der Waals surface area contributed by atoms with Gasteiger partial charge < -0.3 is 9.64 Å². The lowest BCUT2D eigenvalue weighted by atomic mass is 9.62. The van der Waals surface area contributed by atoms with Gasteiger partial charge in [0.25, 0.3) is 0 Å². The van der Waals surface area contributed by atoms with Crippen LogP contribution in [0.1, 0.15) is 96.6 Å². The second kappa shape index (κ2) is 8.30. The minimum absolute atomic E-state index is 0.298. The maximum atomic E-state index is 13.4. The predicted molar refractivity (Wildman–Crippen MR) is 124 cm³/mol. The molecule has 0 atom stereocenters. The van der Waals surface area contributed by atoms with Crippen LogP contribution in [0.4, 0.5) is 5.69 Å². The molecule has 30 heavy (non-hydrogen) atoms. The molecule has 3 nitrogen and oxygen atoms in total. The highest BCUT2D eigenvalue weighted by Crippen LogP contribution is 2.51. The van der Waals surface area contributed by atoms with Crippen molar-refractivity contribution in [3.63, 3.8) is 0 Å². The standard InChI is InChI=1S/C27H41NO2/c1-6-17-30-22-13-15-27(5,16-14-22)20-8-10-21(11-9-20)28-24-18-19(2)7-12-23(24)26(3,4)25(28)29/h7,12,18,20-22H,6,8-11,13-17H2,1-5H3. The van der Waals surface area contributed by atoms with Gasteiger partial charge in [0.1, 0.15) is 0 Å². The molecule has 0 aromatic heterocycles. The summed E-state index contributed by atoms with van der Waals surface area (Å²) in [7, 11) is 0. The molecule has 3 heteroatoms. The fraction of sp³-hybridized carbons (Fsp3) is 0.741. The summed E-state index contributed by atoms with van der Waals surface area (Å²) in [6.45, 7) is 11.9. The highest BCUT2D eigenvalue weighted by molar-refractivity contribution is 6.08. The van der Waals surface area contributed by atoms with Crippen LogP contribution in [0.15, 0.2) is 18.2 Å². The van der Waals surface area contributed by atoms with Crippen LogP contribution in [0.5, 0.6) is 0 Å². The van der Waals surface area contributed by atoms with Crippen LogP contribution in [-0.4, -0.2) is 24.7 Å². The molecule has 0 spiro atoms. The van der Waals surface area contributed by atoms with E-state index in [0.717, 1.165) is 31.8 Å². The van der Waals surface area contributed by atoms with Crippen molar-refractivity contribution in [1.82, 2.24) is 0 Å². The van der Waals surface area contributed by atoms with Crippen LogP contribution in [0, 0.1) is 18.3 Å². The van der Waals surface area contributed by atoms with E-state index in [4.69, 9.17) is 4.74 Å². The summed E-state index contributed by atoms with van der Waals surface area (Å²) in [5.74, 6) is 1.09. The molecule has 1 heterocycles. The Hall–Kier alpha value is -1.35. The summed E-state index contributed by atoms with van der Waals surface area (Å²) >= 11 is 0. The largest absolute Gasteiger partial charge is 0.378 e. The zero-order valence-corrected chi connectivity index (χ0v) is 19.8. The van der Waals surface area contributed by atoms with E-state index in [1.807, 2.05) is 0 Å². The number of benzene rings is 1. The summed E-state index contributed by atoms with van der Waals surface area (Å²) in [5.41, 5.74) is 3.68. The summed E-state index contributed by atoms with van der Waals surface area (Å²) in [4.78, 5) is 15.6. The Morgan fingerprint density at radius 2 is 1.70 bits per heavy atom. The van der Waals surface area contributed by atoms with Gasteiger partial charge >= 0.3 is 0 Å².